The van der Waals surface area contributed by atoms with E-state index in [-0.39, 0.29) is 11.8 Å². The summed E-state index contributed by atoms with van der Waals surface area (Å²) < 4.78 is 1.80. The van der Waals surface area contributed by atoms with E-state index in [0.29, 0.717) is 12.5 Å². The highest BCUT2D eigenvalue weighted by Gasteiger charge is 2.46. The summed E-state index contributed by atoms with van der Waals surface area (Å²) >= 11 is 0. The maximum Gasteiger partial charge on any atom is 0.226 e. The summed E-state index contributed by atoms with van der Waals surface area (Å²) in [4.78, 5) is 16.8. The number of nitrogens with zero attached hydrogens (tertiary/aromatic N) is 4. The average Bonchev–Trinajstić information content (AvgIpc) is 3.12. The monoisotopic (exact) mass is 306 g/mol. The lowest BCUT2D eigenvalue weighted by atomic mass is 10.1. The summed E-state index contributed by atoms with van der Waals surface area (Å²) in [5.41, 5.74) is 0.509. The van der Waals surface area contributed by atoms with E-state index in [4.69, 9.17) is 0 Å². The van der Waals surface area contributed by atoms with Gasteiger partial charge < -0.3 is 10.0 Å². The number of β-amino-alcohol motifs (C(OH)–C–C–N with tert-alkyl or cyclic N) is 1. The molecule has 0 spiro atoms. The van der Waals surface area contributed by atoms with Crippen LogP contribution in [0.25, 0.3) is 0 Å². The summed E-state index contributed by atoms with van der Waals surface area (Å²) in [5, 5.41) is 14.1. The molecule has 1 saturated carbocycles. The second-order valence-electron chi connectivity index (χ2n) is 7.31. The molecule has 1 aromatic heterocycles. The molecular weight excluding hydrogens is 280 g/mol. The lowest BCUT2D eigenvalue weighted by molar-refractivity contribution is -0.134. The summed E-state index contributed by atoms with van der Waals surface area (Å²) in [6, 6.07) is 0. The van der Waals surface area contributed by atoms with Crippen molar-refractivity contribution in [3.63, 3.8) is 0 Å². The van der Waals surface area contributed by atoms with E-state index in [1.807, 2.05) is 38.2 Å². The molecule has 2 aliphatic rings. The normalized spacial score (nSPS) is 26.3. The number of rotatable bonds is 4. The zero-order chi connectivity index (χ0) is 15.9. The van der Waals surface area contributed by atoms with Gasteiger partial charge in [0, 0.05) is 51.9 Å². The maximum atomic E-state index is 12.6. The van der Waals surface area contributed by atoms with Crippen LogP contribution in [0.2, 0.25) is 0 Å². The van der Waals surface area contributed by atoms with E-state index in [0.717, 1.165) is 32.6 Å². The fourth-order valence-electron chi connectivity index (χ4n) is 3.38. The number of piperazine rings is 1. The van der Waals surface area contributed by atoms with Crippen LogP contribution in [0.1, 0.15) is 31.7 Å². The zero-order valence-electron chi connectivity index (χ0n) is 13.7. The second-order valence-corrected chi connectivity index (χ2v) is 7.31. The molecule has 2 heterocycles. The molecule has 2 atom stereocenters. The van der Waals surface area contributed by atoms with Crippen LogP contribution in [0.4, 0.5) is 0 Å². The van der Waals surface area contributed by atoms with E-state index >= 15 is 0 Å². The van der Waals surface area contributed by atoms with Crippen molar-refractivity contribution in [2.75, 3.05) is 32.7 Å². The molecule has 6 heteroatoms. The molecule has 122 valence electrons. The van der Waals surface area contributed by atoms with Gasteiger partial charge in [0.25, 0.3) is 0 Å². The third-order valence-corrected chi connectivity index (χ3v) is 4.56. The van der Waals surface area contributed by atoms with Crippen molar-refractivity contribution in [1.29, 1.82) is 0 Å². The highest BCUT2D eigenvalue weighted by Crippen LogP contribution is 2.48. The number of carbonyl (C=O) groups is 1. The largest absolute Gasteiger partial charge is 0.389 e. The summed E-state index contributed by atoms with van der Waals surface area (Å²) in [6.45, 7) is 7.55. The van der Waals surface area contributed by atoms with Gasteiger partial charge in [-0.3, -0.25) is 14.4 Å². The fraction of sp³-hybridized carbons (Fsp3) is 0.750. The van der Waals surface area contributed by atoms with Crippen LogP contribution in [0, 0.1) is 5.92 Å². The Labute approximate surface area is 131 Å². The molecule has 1 aliphatic carbocycles. The van der Waals surface area contributed by atoms with Crippen LogP contribution in [-0.4, -0.2) is 68.9 Å². The van der Waals surface area contributed by atoms with Crippen LogP contribution < -0.4 is 0 Å². The lowest BCUT2D eigenvalue weighted by Gasteiger charge is -2.37. The third kappa shape index (κ3) is 3.50. The van der Waals surface area contributed by atoms with E-state index < -0.39 is 5.60 Å². The van der Waals surface area contributed by atoms with Gasteiger partial charge >= 0.3 is 0 Å². The van der Waals surface area contributed by atoms with Gasteiger partial charge in [0.15, 0.2) is 0 Å². The van der Waals surface area contributed by atoms with Crippen LogP contribution in [0.5, 0.6) is 0 Å². The molecule has 2 fully saturated rings. The van der Waals surface area contributed by atoms with Crippen molar-refractivity contribution in [3.05, 3.63) is 18.0 Å². The number of carbonyl (C=O) groups excluding carboxylic acids is 1. The highest BCUT2D eigenvalue weighted by molar-refractivity contribution is 5.83. The van der Waals surface area contributed by atoms with Crippen LogP contribution in [0.15, 0.2) is 12.4 Å². The highest BCUT2D eigenvalue weighted by atomic mass is 16.3. The van der Waals surface area contributed by atoms with Gasteiger partial charge in [0.1, 0.15) is 0 Å². The SMILES string of the molecule is Cn1cc([C@H]2C[C@H]2C(=O)N2CCN(CC(C)(C)O)CC2)cn1. The Morgan fingerprint density at radius 2 is 2.05 bits per heavy atom. The van der Waals surface area contributed by atoms with Crippen molar-refractivity contribution in [2.45, 2.75) is 31.8 Å². The van der Waals surface area contributed by atoms with Gasteiger partial charge in [-0.25, -0.2) is 0 Å². The Bertz CT molecular complexity index is 541. The number of aliphatic hydroxyl groups is 1. The molecule has 1 aromatic rings. The van der Waals surface area contributed by atoms with E-state index in [1.54, 1.807) is 4.68 Å². The van der Waals surface area contributed by atoms with Crippen LogP contribution in [-0.2, 0) is 11.8 Å². The van der Waals surface area contributed by atoms with E-state index in [2.05, 4.69) is 10.00 Å². The Balaban J connectivity index is 1.49. The lowest BCUT2D eigenvalue weighted by Crippen LogP contribution is -2.52. The first kappa shape index (κ1) is 15.5. The number of aromatic nitrogens is 2. The Morgan fingerprint density at radius 1 is 1.36 bits per heavy atom. The molecule has 0 aromatic carbocycles. The van der Waals surface area contributed by atoms with Crippen molar-refractivity contribution < 1.29 is 9.90 Å². The maximum absolute atomic E-state index is 12.6. The minimum Gasteiger partial charge on any atom is -0.389 e. The summed E-state index contributed by atoms with van der Waals surface area (Å²) in [7, 11) is 1.91. The molecule has 3 rings (SSSR count). The van der Waals surface area contributed by atoms with Gasteiger partial charge in [-0.05, 0) is 31.7 Å². The van der Waals surface area contributed by atoms with Gasteiger partial charge in [-0.15, -0.1) is 0 Å². The first-order valence-electron chi connectivity index (χ1n) is 8.05. The first-order chi connectivity index (χ1) is 10.3. The number of amides is 1. The molecule has 0 bridgehead atoms. The standard InChI is InChI=1S/C16H26N4O2/c1-16(2,22)11-19-4-6-20(7-5-19)15(21)14-8-13(14)12-9-17-18(3)10-12/h9-10,13-14,22H,4-8,11H2,1-3H3/t13-,14-/m1/s1. The van der Waals surface area contributed by atoms with E-state index in [9.17, 15) is 9.90 Å². The molecule has 0 unspecified atom stereocenters. The fourth-order valence-corrected chi connectivity index (χ4v) is 3.38. The van der Waals surface area contributed by atoms with Crippen molar-refractivity contribution >= 4 is 5.91 Å². The number of hydrogen-bond donors (Lipinski definition) is 1. The second kappa shape index (κ2) is 5.66. The van der Waals surface area contributed by atoms with E-state index in [1.165, 1.54) is 5.56 Å². The Hall–Kier alpha value is -1.40. The molecule has 22 heavy (non-hydrogen) atoms. The van der Waals surface area contributed by atoms with Crippen molar-refractivity contribution in [3.8, 4) is 0 Å². The first-order valence-corrected chi connectivity index (χ1v) is 8.05. The Morgan fingerprint density at radius 3 is 2.59 bits per heavy atom. The number of aryl methyl sites for hydroxylation is 1. The van der Waals surface area contributed by atoms with Crippen molar-refractivity contribution in [2.24, 2.45) is 13.0 Å². The zero-order valence-corrected chi connectivity index (χ0v) is 13.7. The van der Waals surface area contributed by atoms with Crippen LogP contribution in [0.3, 0.4) is 0 Å². The molecule has 1 N–H and O–H groups in total. The number of hydrogen-bond acceptors (Lipinski definition) is 4. The molecule has 6 nitrogen and oxygen atoms in total. The molecular formula is C16H26N4O2. The average molecular weight is 306 g/mol. The minimum atomic E-state index is -0.673. The Kier molecular flexibility index (Phi) is 3.99. The third-order valence-electron chi connectivity index (χ3n) is 4.56. The van der Waals surface area contributed by atoms with Gasteiger partial charge in [0.2, 0.25) is 5.91 Å². The predicted octanol–water partition coefficient (Wildman–Crippen LogP) is 0.439. The predicted molar refractivity (Wildman–Crippen MR) is 83.4 cm³/mol. The topological polar surface area (TPSA) is 61.6 Å². The minimum absolute atomic E-state index is 0.144. The molecule has 1 saturated heterocycles. The quantitative estimate of drug-likeness (QED) is 0.877. The van der Waals surface area contributed by atoms with Gasteiger partial charge in [-0.2, -0.15) is 5.10 Å². The van der Waals surface area contributed by atoms with Gasteiger partial charge in [0.05, 0.1) is 11.8 Å². The summed E-state index contributed by atoms with van der Waals surface area (Å²) in [6.07, 6.45) is 4.84. The molecule has 1 aliphatic heterocycles. The van der Waals surface area contributed by atoms with Gasteiger partial charge in [-0.1, -0.05) is 0 Å². The summed E-state index contributed by atoms with van der Waals surface area (Å²) in [5.74, 6) is 0.789. The van der Waals surface area contributed by atoms with Crippen LogP contribution >= 0.6 is 0 Å². The smallest absolute Gasteiger partial charge is 0.226 e. The molecule has 0 radical (unpaired) electrons. The molecule has 1 amide bonds. The van der Waals surface area contributed by atoms with Crippen molar-refractivity contribution in [1.82, 2.24) is 19.6 Å².